The minimum Gasteiger partial charge on any atom is -0.341 e. The predicted octanol–water partition coefficient (Wildman–Crippen LogP) is 6.81. The number of fused-ring (bicyclic) bond motifs is 3. The zero-order valence-corrected chi connectivity index (χ0v) is 18.4. The van der Waals surface area contributed by atoms with Gasteiger partial charge in [-0.05, 0) is 85.9 Å². The summed E-state index contributed by atoms with van der Waals surface area (Å²) in [6.07, 6.45) is 8.48. The molecule has 1 aliphatic heterocycles. The first-order valence-corrected chi connectivity index (χ1v) is 12.0. The molecule has 5 heteroatoms. The Labute approximate surface area is 180 Å². The van der Waals surface area contributed by atoms with Crippen LogP contribution in [0.1, 0.15) is 42.1 Å². The summed E-state index contributed by atoms with van der Waals surface area (Å²) in [5.74, 6) is 5.03. The van der Waals surface area contributed by atoms with Crippen molar-refractivity contribution in [2.75, 3.05) is 11.6 Å². The molecule has 0 radical (unpaired) electrons. The maximum absolute atomic E-state index is 14.8. The first kappa shape index (κ1) is 22.2. The number of benzene rings is 1. The quantitative estimate of drug-likeness (QED) is 0.545. The standard InChI is InChI=1S/C25H28F2N2S/c1-5-24(27)23-12-17(2)28-25-14-18(16-30(3)4)13-21(29-25)9-7-6-8-19-15-20(26)10-11-22(19)23/h5,10-15H,2-3,6-9,16H2,1,4H3,(H,28,29)/b23-12-,24-5+. The molecule has 1 aromatic carbocycles. The molecule has 1 aromatic heterocycles. The van der Waals surface area contributed by atoms with Crippen LogP contribution in [0.3, 0.4) is 0 Å². The summed E-state index contributed by atoms with van der Waals surface area (Å²) in [4.78, 5) is 4.72. The second-order valence-corrected chi connectivity index (χ2v) is 9.48. The van der Waals surface area contributed by atoms with Crippen LogP contribution in [0.2, 0.25) is 0 Å². The number of nitrogens with one attached hydrogen (secondary N) is 1. The van der Waals surface area contributed by atoms with Gasteiger partial charge in [0.25, 0.3) is 0 Å². The van der Waals surface area contributed by atoms with Crippen LogP contribution in [0, 0.1) is 5.82 Å². The summed E-state index contributed by atoms with van der Waals surface area (Å²) in [5.41, 5.74) is 4.61. The highest BCUT2D eigenvalue weighted by Crippen LogP contribution is 2.31. The van der Waals surface area contributed by atoms with Gasteiger partial charge in [0.1, 0.15) is 17.5 Å². The van der Waals surface area contributed by atoms with E-state index in [0.717, 1.165) is 36.3 Å². The highest BCUT2D eigenvalue weighted by Gasteiger charge is 2.15. The second kappa shape index (κ2) is 9.98. The number of anilines is 1. The molecular weight excluding hydrogens is 398 g/mol. The molecule has 0 amide bonds. The van der Waals surface area contributed by atoms with E-state index in [1.165, 1.54) is 23.8 Å². The molecule has 3 rings (SSSR count). The van der Waals surface area contributed by atoms with Crippen LogP contribution in [-0.4, -0.2) is 17.1 Å². The highest BCUT2D eigenvalue weighted by atomic mass is 32.2. The van der Waals surface area contributed by atoms with Gasteiger partial charge in [-0.15, -0.1) is 0 Å². The highest BCUT2D eigenvalue weighted by molar-refractivity contribution is 8.12. The van der Waals surface area contributed by atoms with Crippen molar-refractivity contribution in [3.05, 3.63) is 88.8 Å². The maximum Gasteiger partial charge on any atom is 0.130 e. The summed E-state index contributed by atoms with van der Waals surface area (Å²) in [6.45, 7) is 5.71. The molecular formula is C25H28F2N2S. The lowest BCUT2D eigenvalue weighted by molar-refractivity contribution is 0.622. The predicted molar refractivity (Wildman–Crippen MR) is 127 cm³/mol. The van der Waals surface area contributed by atoms with Crippen molar-refractivity contribution in [2.24, 2.45) is 0 Å². The van der Waals surface area contributed by atoms with Crippen molar-refractivity contribution in [2.45, 2.75) is 38.4 Å². The Morgan fingerprint density at radius 1 is 1.23 bits per heavy atom. The zero-order chi connectivity index (χ0) is 21.7. The minimum atomic E-state index is -0.366. The number of aromatic nitrogens is 1. The molecule has 2 heterocycles. The zero-order valence-electron chi connectivity index (χ0n) is 17.6. The van der Waals surface area contributed by atoms with Crippen molar-refractivity contribution >= 4 is 27.7 Å². The van der Waals surface area contributed by atoms with Gasteiger partial charge in [-0.3, -0.25) is 0 Å². The summed E-state index contributed by atoms with van der Waals surface area (Å²) in [7, 11) is 0.0286. The summed E-state index contributed by atoms with van der Waals surface area (Å²) in [5, 5.41) is 3.22. The Hall–Kier alpha value is -2.53. The Bertz CT molecular complexity index is 1040. The molecule has 2 nitrogen and oxygen atoms in total. The summed E-state index contributed by atoms with van der Waals surface area (Å²) < 4.78 is 28.7. The van der Waals surface area contributed by atoms with Crippen LogP contribution in [-0.2, 0) is 18.6 Å². The first-order chi connectivity index (χ1) is 14.4. The van der Waals surface area contributed by atoms with E-state index in [2.05, 4.69) is 30.1 Å². The normalized spacial score (nSPS) is 18.1. The molecule has 0 saturated carbocycles. The summed E-state index contributed by atoms with van der Waals surface area (Å²) in [6, 6.07) is 8.68. The molecule has 2 aromatic rings. The molecule has 1 atom stereocenters. The van der Waals surface area contributed by atoms with Crippen LogP contribution in [0.4, 0.5) is 14.6 Å². The van der Waals surface area contributed by atoms with E-state index in [-0.39, 0.29) is 22.1 Å². The Morgan fingerprint density at radius 3 is 2.73 bits per heavy atom. The van der Waals surface area contributed by atoms with Gasteiger partial charge in [-0.25, -0.2) is 13.8 Å². The van der Waals surface area contributed by atoms with E-state index < -0.39 is 0 Å². The number of aryl methyl sites for hydroxylation is 2. The molecule has 2 bridgehead atoms. The number of pyridine rings is 1. The molecule has 0 aliphatic carbocycles. The van der Waals surface area contributed by atoms with Crippen LogP contribution >= 0.6 is 10.5 Å². The number of halogens is 2. The van der Waals surface area contributed by atoms with Crippen molar-refractivity contribution < 1.29 is 8.78 Å². The smallest absolute Gasteiger partial charge is 0.130 e. The maximum atomic E-state index is 14.8. The number of hydrogen-bond donors (Lipinski definition) is 1. The van der Waals surface area contributed by atoms with Gasteiger partial charge in [-0.1, -0.05) is 24.6 Å². The summed E-state index contributed by atoms with van der Waals surface area (Å²) >= 11 is 0. The lowest BCUT2D eigenvalue weighted by atomic mass is 9.94. The number of hydrogen-bond acceptors (Lipinski definition) is 2. The molecule has 0 spiro atoms. The minimum absolute atomic E-state index is 0.0286. The largest absolute Gasteiger partial charge is 0.341 e. The van der Waals surface area contributed by atoms with Crippen molar-refractivity contribution in [1.29, 1.82) is 0 Å². The molecule has 0 fully saturated rings. The van der Waals surface area contributed by atoms with E-state index in [0.29, 0.717) is 29.1 Å². The van der Waals surface area contributed by atoms with Gasteiger partial charge in [0.15, 0.2) is 0 Å². The average Bonchev–Trinajstić information content (AvgIpc) is 2.68. The van der Waals surface area contributed by atoms with E-state index in [1.54, 1.807) is 19.1 Å². The van der Waals surface area contributed by atoms with Gasteiger partial charge in [0.2, 0.25) is 0 Å². The Kier molecular flexibility index (Phi) is 7.38. The number of allylic oxidation sites excluding steroid dienone is 4. The molecule has 1 N–H and O–H groups in total. The fourth-order valence-electron chi connectivity index (χ4n) is 3.67. The molecule has 1 unspecified atom stereocenters. The topological polar surface area (TPSA) is 24.9 Å². The monoisotopic (exact) mass is 426 g/mol. The van der Waals surface area contributed by atoms with E-state index >= 15 is 0 Å². The first-order valence-electron chi connectivity index (χ1n) is 10.1. The fraction of sp³-hybridized carbons (Fsp3) is 0.280. The van der Waals surface area contributed by atoms with Crippen LogP contribution in [0.25, 0.3) is 5.57 Å². The van der Waals surface area contributed by atoms with E-state index in [4.69, 9.17) is 4.98 Å². The van der Waals surface area contributed by atoms with E-state index in [9.17, 15) is 8.78 Å². The van der Waals surface area contributed by atoms with Crippen LogP contribution < -0.4 is 5.32 Å². The average molecular weight is 427 g/mol. The van der Waals surface area contributed by atoms with Crippen molar-refractivity contribution in [1.82, 2.24) is 4.98 Å². The fourth-order valence-corrected chi connectivity index (χ4v) is 4.41. The second-order valence-electron chi connectivity index (χ2n) is 7.63. The van der Waals surface area contributed by atoms with Gasteiger partial charge >= 0.3 is 0 Å². The molecule has 1 aliphatic rings. The van der Waals surface area contributed by atoms with Crippen LogP contribution in [0.5, 0.6) is 0 Å². The van der Waals surface area contributed by atoms with Crippen molar-refractivity contribution in [3.63, 3.8) is 0 Å². The Balaban J connectivity index is 2.07. The third-order valence-corrected chi connectivity index (χ3v) is 5.78. The lowest BCUT2D eigenvalue weighted by Crippen LogP contribution is -2.03. The van der Waals surface area contributed by atoms with Gasteiger partial charge < -0.3 is 5.32 Å². The van der Waals surface area contributed by atoms with Gasteiger partial charge in [0.05, 0.1) is 0 Å². The van der Waals surface area contributed by atoms with Gasteiger partial charge in [0, 0.05) is 22.7 Å². The Morgan fingerprint density at radius 2 is 2.00 bits per heavy atom. The number of nitrogens with zero attached hydrogens (tertiary/aromatic N) is 1. The molecule has 0 saturated heterocycles. The SMILES string of the molecule is C=C1/C=C(\C(F)=C/C)c2ccc(F)cc2CCCCc2cc(CS(=C)C)cc(n2)N1. The van der Waals surface area contributed by atoms with Crippen LogP contribution in [0.15, 0.2) is 60.6 Å². The molecule has 30 heavy (non-hydrogen) atoms. The number of rotatable bonds is 3. The third-order valence-electron chi connectivity index (χ3n) is 4.96. The van der Waals surface area contributed by atoms with Crippen molar-refractivity contribution in [3.8, 4) is 0 Å². The van der Waals surface area contributed by atoms with E-state index in [1.807, 2.05) is 6.07 Å². The van der Waals surface area contributed by atoms with Gasteiger partial charge in [-0.2, -0.15) is 10.5 Å². The molecule has 158 valence electrons. The lowest BCUT2D eigenvalue weighted by Gasteiger charge is -2.14. The third kappa shape index (κ3) is 5.76.